The van der Waals surface area contributed by atoms with Crippen LogP contribution in [0.15, 0.2) is 24.3 Å². The zero-order chi connectivity index (χ0) is 14.6. The van der Waals surface area contributed by atoms with Gasteiger partial charge in [-0.25, -0.2) is 0 Å². The van der Waals surface area contributed by atoms with Crippen LogP contribution in [0.5, 0.6) is 0 Å². The fourth-order valence-corrected chi connectivity index (χ4v) is 4.46. The van der Waals surface area contributed by atoms with Crippen LogP contribution in [-0.4, -0.2) is 40.5 Å². The SMILES string of the molecule is O=C1CCC[C@H]2N1[C@H](CO)C[C@]21C(=O)Nc2ccccc21. The molecule has 3 atom stereocenters. The van der Waals surface area contributed by atoms with Crippen LogP contribution in [0.4, 0.5) is 5.69 Å². The molecular weight excluding hydrogens is 268 g/mol. The smallest absolute Gasteiger partial charge is 0.237 e. The lowest BCUT2D eigenvalue weighted by atomic mass is 9.72. The maximum atomic E-state index is 12.7. The van der Waals surface area contributed by atoms with E-state index in [-0.39, 0.29) is 30.5 Å². The van der Waals surface area contributed by atoms with Gasteiger partial charge in [0, 0.05) is 12.1 Å². The molecule has 5 heteroatoms. The molecule has 110 valence electrons. The average Bonchev–Trinajstić information content (AvgIpc) is 2.98. The number of nitrogens with one attached hydrogen (secondary N) is 1. The molecule has 0 aliphatic carbocycles. The monoisotopic (exact) mass is 286 g/mol. The number of fused-ring (bicyclic) bond motifs is 4. The first-order valence-corrected chi connectivity index (χ1v) is 7.51. The van der Waals surface area contributed by atoms with Crippen molar-refractivity contribution in [2.24, 2.45) is 0 Å². The number of hydrogen-bond acceptors (Lipinski definition) is 3. The summed E-state index contributed by atoms with van der Waals surface area (Å²) in [5.74, 6) is 0.0451. The molecule has 21 heavy (non-hydrogen) atoms. The summed E-state index contributed by atoms with van der Waals surface area (Å²) < 4.78 is 0. The maximum Gasteiger partial charge on any atom is 0.237 e. The van der Waals surface area contributed by atoms with Gasteiger partial charge in [0.1, 0.15) is 0 Å². The molecule has 0 unspecified atom stereocenters. The lowest BCUT2D eigenvalue weighted by Gasteiger charge is -2.38. The largest absolute Gasteiger partial charge is 0.394 e. The van der Waals surface area contributed by atoms with Crippen molar-refractivity contribution in [1.82, 2.24) is 4.90 Å². The van der Waals surface area contributed by atoms with Gasteiger partial charge >= 0.3 is 0 Å². The number of benzene rings is 1. The fraction of sp³-hybridized carbons (Fsp3) is 0.500. The summed E-state index contributed by atoms with van der Waals surface area (Å²) in [6, 6.07) is 7.34. The van der Waals surface area contributed by atoms with Crippen LogP contribution in [0.3, 0.4) is 0 Å². The molecule has 0 bridgehead atoms. The van der Waals surface area contributed by atoms with Gasteiger partial charge in [0.25, 0.3) is 0 Å². The number of carbonyl (C=O) groups is 2. The number of nitrogens with zero attached hydrogens (tertiary/aromatic N) is 1. The Morgan fingerprint density at radius 3 is 2.95 bits per heavy atom. The molecule has 2 fully saturated rings. The summed E-state index contributed by atoms with van der Waals surface area (Å²) in [7, 11) is 0. The van der Waals surface area contributed by atoms with E-state index < -0.39 is 5.41 Å². The number of aliphatic hydroxyl groups excluding tert-OH is 1. The highest BCUT2D eigenvalue weighted by atomic mass is 16.3. The van der Waals surface area contributed by atoms with Gasteiger partial charge in [0.15, 0.2) is 0 Å². The number of aliphatic hydroxyl groups is 1. The van der Waals surface area contributed by atoms with Crippen molar-refractivity contribution >= 4 is 17.5 Å². The predicted octanol–water partition coefficient (Wildman–Crippen LogP) is 1.02. The number of piperidine rings is 1. The van der Waals surface area contributed by atoms with E-state index >= 15 is 0 Å². The normalized spacial score (nSPS) is 34.0. The second-order valence-electron chi connectivity index (χ2n) is 6.22. The van der Waals surface area contributed by atoms with Crippen LogP contribution in [0, 0.1) is 0 Å². The Bertz CT molecular complexity index is 630. The topological polar surface area (TPSA) is 69.6 Å². The predicted molar refractivity (Wildman–Crippen MR) is 76.7 cm³/mol. The van der Waals surface area contributed by atoms with Gasteiger partial charge in [0.2, 0.25) is 11.8 Å². The summed E-state index contributed by atoms with van der Waals surface area (Å²) >= 11 is 0. The number of anilines is 1. The molecule has 5 nitrogen and oxygen atoms in total. The van der Waals surface area contributed by atoms with E-state index in [0.29, 0.717) is 12.8 Å². The van der Waals surface area contributed by atoms with E-state index in [1.807, 2.05) is 24.3 Å². The van der Waals surface area contributed by atoms with Crippen molar-refractivity contribution < 1.29 is 14.7 Å². The number of amides is 2. The summed E-state index contributed by atoms with van der Waals surface area (Å²) in [6.07, 6.45) is 2.68. The van der Waals surface area contributed by atoms with E-state index in [1.165, 1.54) is 0 Å². The molecule has 2 N–H and O–H groups in total. The first-order chi connectivity index (χ1) is 10.2. The molecule has 0 radical (unpaired) electrons. The molecule has 1 aromatic rings. The van der Waals surface area contributed by atoms with Crippen molar-refractivity contribution in [3.05, 3.63) is 29.8 Å². The summed E-state index contributed by atoms with van der Waals surface area (Å²) in [5.41, 5.74) is 1.15. The molecule has 1 aromatic carbocycles. The first-order valence-electron chi connectivity index (χ1n) is 7.51. The van der Waals surface area contributed by atoms with Gasteiger partial charge in [-0.05, 0) is 30.9 Å². The van der Waals surface area contributed by atoms with Crippen molar-refractivity contribution in [3.8, 4) is 0 Å². The van der Waals surface area contributed by atoms with Crippen LogP contribution in [0.25, 0.3) is 0 Å². The van der Waals surface area contributed by atoms with Gasteiger partial charge in [-0.15, -0.1) is 0 Å². The minimum Gasteiger partial charge on any atom is -0.394 e. The molecule has 1 spiro atoms. The second kappa shape index (κ2) is 4.31. The number of rotatable bonds is 1. The minimum atomic E-state index is -0.680. The fourth-order valence-electron chi connectivity index (χ4n) is 4.46. The van der Waals surface area contributed by atoms with Crippen molar-refractivity contribution in [1.29, 1.82) is 0 Å². The van der Waals surface area contributed by atoms with Crippen molar-refractivity contribution in [3.63, 3.8) is 0 Å². The lowest BCUT2D eigenvalue weighted by Crippen LogP contribution is -2.52. The van der Waals surface area contributed by atoms with Crippen LogP contribution < -0.4 is 5.32 Å². The maximum absolute atomic E-state index is 12.7. The molecule has 3 heterocycles. The Morgan fingerprint density at radius 2 is 2.14 bits per heavy atom. The Labute approximate surface area is 122 Å². The standard InChI is InChI=1S/C16H18N2O3/c19-9-10-8-16(13-6-3-7-14(20)18(10)13)11-4-1-2-5-12(11)17-15(16)21/h1-2,4-5,10,13,19H,3,6-9H2,(H,17,21)/t10-,13+,16+/m0/s1. The van der Waals surface area contributed by atoms with Gasteiger partial charge in [-0.1, -0.05) is 18.2 Å². The van der Waals surface area contributed by atoms with E-state index in [9.17, 15) is 14.7 Å². The van der Waals surface area contributed by atoms with Crippen LogP contribution in [0.2, 0.25) is 0 Å². The van der Waals surface area contributed by atoms with E-state index in [1.54, 1.807) is 4.90 Å². The third-order valence-electron chi connectivity index (χ3n) is 5.28. The van der Waals surface area contributed by atoms with Gasteiger partial charge in [0.05, 0.1) is 24.1 Å². The Morgan fingerprint density at radius 1 is 1.33 bits per heavy atom. The molecule has 2 saturated heterocycles. The third kappa shape index (κ3) is 1.50. The third-order valence-corrected chi connectivity index (χ3v) is 5.28. The van der Waals surface area contributed by atoms with E-state index in [0.717, 1.165) is 24.1 Å². The van der Waals surface area contributed by atoms with Crippen LogP contribution in [-0.2, 0) is 15.0 Å². The molecule has 3 aliphatic heterocycles. The highest BCUT2D eigenvalue weighted by Crippen LogP contribution is 2.52. The Hall–Kier alpha value is -1.88. The van der Waals surface area contributed by atoms with E-state index in [4.69, 9.17) is 0 Å². The highest BCUT2D eigenvalue weighted by molar-refractivity contribution is 6.07. The Kier molecular flexibility index (Phi) is 2.63. The zero-order valence-electron chi connectivity index (χ0n) is 11.7. The molecule has 2 amide bonds. The number of carbonyl (C=O) groups excluding carboxylic acids is 2. The molecule has 4 rings (SSSR count). The zero-order valence-corrected chi connectivity index (χ0v) is 11.7. The van der Waals surface area contributed by atoms with Gasteiger partial charge in [-0.2, -0.15) is 0 Å². The second-order valence-corrected chi connectivity index (χ2v) is 6.22. The average molecular weight is 286 g/mol. The summed E-state index contributed by atoms with van der Waals surface area (Å²) in [5, 5.41) is 12.6. The van der Waals surface area contributed by atoms with Crippen molar-refractivity contribution in [2.45, 2.75) is 43.2 Å². The molecule has 0 aromatic heterocycles. The Balaban J connectivity index is 1.88. The molecule has 3 aliphatic rings. The molecule has 0 saturated carbocycles. The van der Waals surface area contributed by atoms with Crippen molar-refractivity contribution in [2.75, 3.05) is 11.9 Å². The van der Waals surface area contributed by atoms with E-state index in [2.05, 4.69) is 5.32 Å². The number of para-hydroxylation sites is 1. The highest BCUT2D eigenvalue weighted by Gasteiger charge is 2.62. The summed E-state index contributed by atoms with van der Waals surface area (Å²) in [6.45, 7) is -0.0839. The molecular formula is C16H18N2O3. The van der Waals surface area contributed by atoms with Crippen LogP contribution >= 0.6 is 0 Å². The van der Waals surface area contributed by atoms with Gasteiger partial charge < -0.3 is 15.3 Å². The quantitative estimate of drug-likeness (QED) is 0.810. The number of hydrogen-bond donors (Lipinski definition) is 2. The van der Waals surface area contributed by atoms with Crippen LogP contribution in [0.1, 0.15) is 31.2 Å². The summed E-state index contributed by atoms with van der Waals surface area (Å²) in [4.78, 5) is 26.8. The lowest BCUT2D eigenvalue weighted by molar-refractivity contribution is -0.138. The van der Waals surface area contributed by atoms with Gasteiger partial charge in [-0.3, -0.25) is 9.59 Å². The first kappa shape index (κ1) is 12.8. The minimum absolute atomic E-state index is 0.0237.